The first-order valence-corrected chi connectivity index (χ1v) is 8.32. The molecule has 2 aromatic carbocycles. The Balaban J connectivity index is 1.66. The third kappa shape index (κ3) is 3.57. The van der Waals surface area contributed by atoms with Gasteiger partial charge in [0, 0.05) is 0 Å². The Hall–Kier alpha value is -3.68. The van der Waals surface area contributed by atoms with Gasteiger partial charge in [-0.25, -0.2) is 0 Å². The molecule has 0 saturated carbocycles. The molecular weight excluding hydrogens is 366 g/mol. The Kier molecular flexibility index (Phi) is 5.39. The maximum atomic E-state index is 12.4. The van der Waals surface area contributed by atoms with Crippen molar-refractivity contribution in [1.29, 1.82) is 0 Å². The van der Waals surface area contributed by atoms with Gasteiger partial charge in [-0.1, -0.05) is 12.1 Å². The highest BCUT2D eigenvalue weighted by atomic mass is 16.5. The lowest BCUT2D eigenvalue weighted by molar-refractivity contribution is -0.141. The number of benzene rings is 2. The number of esters is 1. The van der Waals surface area contributed by atoms with E-state index < -0.39 is 36.6 Å². The molecule has 1 aliphatic rings. The van der Waals surface area contributed by atoms with E-state index in [4.69, 9.17) is 14.2 Å². The van der Waals surface area contributed by atoms with Crippen LogP contribution in [0.1, 0.15) is 20.7 Å². The molecule has 1 aliphatic heterocycles. The van der Waals surface area contributed by atoms with Crippen molar-refractivity contribution in [2.75, 3.05) is 32.3 Å². The van der Waals surface area contributed by atoms with Crippen molar-refractivity contribution in [1.82, 2.24) is 0 Å². The first kappa shape index (κ1) is 19.1. The average Bonchev–Trinajstić information content (AvgIpc) is 2.96. The number of rotatable bonds is 7. The zero-order valence-corrected chi connectivity index (χ0v) is 15.3. The molecule has 0 aliphatic carbocycles. The molecule has 0 aromatic heterocycles. The molecule has 0 atom stereocenters. The average molecular weight is 383 g/mol. The van der Waals surface area contributed by atoms with Gasteiger partial charge in [0.1, 0.15) is 18.0 Å². The van der Waals surface area contributed by atoms with E-state index in [2.05, 4.69) is 0 Å². The number of methoxy groups -OCH3 is 2. The second-order valence-electron chi connectivity index (χ2n) is 5.89. The SMILES string of the molecule is COc1ccc(OC)c(C(=O)COC(=O)CN2C(=O)C(=O)c3ccccc32)c1. The van der Waals surface area contributed by atoms with Gasteiger partial charge in [-0.3, -0.25) is 24.1 Å². The topological polar surface area (TPSA) is 99.2 Å². The summed E-state index contributed by atoms with van der Waals surface area (Å²) in [6, 6.07) is 11.0. The largest absolute Gasteiger partial charge is 0.497 e. The van der Waals surface area contributed by atoms with Crippen molar-refractivity contribution in [3.05, 3.63) is 53.6 Å². The number of fused-ring (bicyclic) bond motifs is 1. The summed E-state index contributed by atoms with van der Waals surface area (Å²) in [4.78, 5) is 49.6. The Labute approximate surface area is 160 Å². The summed E-state index contributed by atoms with van der Waals surface area (Å²) in [6.07, 6.45) is 0. The molecule has 0 N–H and O–H groups in total. The molecule has 2 aromatic rings. The molecule has 8 nitrogen and oxygen atoms in total. The fraction of sp³-hybridized carbons (Fsp3) is 0.200. The maximum Gasteiger partial charge on any atom is 0.326 e. The summed E-state index contributed by atoms with van der Waals surface area (Å²) < 4.78 is 15.2. The summed E-state index contributed by atoms with van der Waals surface area (Å²) >= 11 is 0. The number of hydrogen-bond donors (Lipinski definition) is 0. The minimum absolute atomic E-state index is 0.201. The summed E-state index contributed by atoms with van der Waals surface area (Å²) in [6.45, 7) is -1.01. The van der Waals surface area contributed by atoms with Gasteiger partial charge in [0.15, 0.2) is 6.61 Å². The van der Waals surface area contributed by atoms with Crippen molar-refractivity contribution < 1.29 is 33.4 Å². The van der Waals surface area contributed by atoms with E-state index >= 15 is 0 Å². The number of nitrogens with zero attached hydrogens (tertiary/aromatic N) is 1. The molecule has 1 heterocycles. The molecular formula is C20H17NO7. The van der Waals surface area contributed by atoms with Gasteiger partial charge in [0.05, 0.1) is 31.0 Å². The van der Waals surface area contributed by atoms with Crippen LogP contribution in [0, 0.1) is 0 Å². The Morgan fingerprint density at radius 2 is 1.75 bits per heavy atom. The van der Waals surface area contributed by atoms with Crippen molar-refractivity contribution in [2.45, 2.75) is 0 Å². The van der Waals surface area contributed by atoms with Crippen LogP contribution in [-0.2, 0) is 14.3 Å². The number of amides is 1. The normalized spacial score (nSPS) is 12.6. The molecule has 0 fully saturated rings. The third-order valence-corrected chi connectivity index (χ3v) is 4.24. The molecule has 3 rings (SSSR count). The van der Waals surface area contributed by atoms with Crippen LogP contribution in [-0.4, -0.2) is 50.8 Å². The van der Waals surface area contributed by atoms with Crippen molar-refractivity contribution in [3.63, 3.8) is 0 Å². The van der Waals surface area contributed by atoms with Gasteiger partial charge in [0.25, 0.3) is 11.7 Å². The van der Waals surface area contributed by atoms with E-state index in [-0.39, 0.29) is 11.1 Å². The second-order valence-corrected chi connectivity index (χ2v) is 5.89. The highest BCUT2D eigenvalue weighted by Crippen LogP contribution is 2.28. The zero-order chi connectivity index (χ0) is 20.3. The quantitative estimate of drug-likeness (QED) is 0.407. The molecule has 8 heteroatoms. The first-order valence-electron chi connectivity index (χ1n) is 8.32. The standard InChI is InChI=1S/C20H17NO7/c1-26-12-7-8-17(27-2)14(9-12)16(22)11-28-18(23)10-21-15-6-4-3-5-13(15)19(24)20(21)25/h3-9H,10-11H2,1-2H3. The minimum Gasteiger partial charge on any atom is -0.497 e. The molecule has 0 spiro atoms. The Bertz CT molecular complexity index is 967. The molecule has 0 radical (unpaired) electrons. The smallest absolute Gasteiger partial charge is 0.326 e. The highest BCUT2D eigenvalue weighted by molar-refractivity contribution is 6.52. The van der Waals surface area contributed by atoms with Crippen molar-refractivity contribution in [2.24, 2.45) is 0 Å². The number of para-hydroxylation sites is 1. The van der Waals surface area contributed by atoms with E-state index in [9.17, 15) is 19.2 Å². The number of carbonyl (C=O) groups excluding carboxylic acids is 4. The molecule has 0 saturated heterocycles. The number of hydrogen-bond acceptors (Lipinski definition) is 7. The van der Waals surface area contributed by atoms with Crippen LogP contribution in [0.4, 0.5) is 5.69 Å². The Morgan fingerprint density at radius 1 is 1.00 bits per heavy atom. The Morgan fingerprint density at radius 3 is 2.46 bits per heavy atom. The van der Waals surface area contributed by atoms with Gasteiger partial charge in [-0.2, -0.15) is 0 Å². The van der Waals surface area contributed by atoms with Crippen LogP contribution in [0.3, 0.4) is 0 Å². The maximum absolute atomic E-state index is 12.4. The number of anilines is 1. The van der Waals surface area contributed by atoms with Crippen LogP contribution in [0.25, 0.3) is 0 Å². The van der Waals surface area contributed by atoms with Crippen molar-refractivity contribution in [3.8, 4) is 11.5 Å². The van der Waals surface area contributed by atoms with Gasteiger partial charge in [-0.05, 0) is 30.3 Å². The monoisotopic (exact) mass is 383 g/mol. The van der Waals surface area contributed by atoms with Crippen LogP contribution in [0.15, 0.2) is 42.5 Å². The highest BCUT2D eigenvalue weighted by Gasteiger charge is 2.36. The third-order valence-electron chi connectivity index (χ3n) is 4.24. The van der Waals surface area contributed by atoms with E-state index in [1.807, 2.05) is 0 Å². The number of ketones is 2. The van der Waals surface area contributed by atoms with E-state index in [0.29, 0.717) is 17.2 Å². The van der Waals surface area contributed by atoms with Gasteiger partial charge < -0.3 is 14.2 Å². The van der Waals surface area contributed by atoms with E-state index in [1.165, 1.54) is 26.4 Å². The molecule has 28 heavy (non-hydrogen) atoms. The molecule has 0 unspecified atom stereocenters. The summed E-state index contributed by atoms with van der Waals surface area (Å²) in [7, 11) is 2.88. The number of carbonyl (C=O) groups is 4. The number of ether oxygens (including phenoxy) is 3. The second kappa shape index (κ2) is 7.91. The lowest BCUT2D eigenvalue weighted by Gasteiger charge is -2.15. The van der Waals surface area contributed by atoms with Crippen LogP contribution in [0.2, 0.25) is 0 Å². The summed E-state index contributed by atoms with van der Waals surface area (Å²) in [5.41, 5.74) is 0.778. The number of Topliss-reactive ketones (excluding diaryl/α,β-unsaturated/α-hetero) is 2. The van der Waals surface area contributed by atoms with E-state index in [0.717, 1.165) is 4.90 Å². The molecule has 1 amide bonds. The summed E-state index contributed by atoms with van der Waals surface area (Å²) in [5, 5.41) is 0. The van der Waals surface area contributed by atoms with Gasteiger partial charge >= 0.3 is 5.97 Å². The van der Waals surface area contributed by atoms with E-state index in [1.54, 1.807) is 30.3 Å². The van der Waals surface area contributed by atoms with Crippen LogP contribution >= 0.6 is 0 Å². The predicted molar refractivity (Wildman–Crippen MR) is 98.0 cm³/mol. The minimum atomic E-state index is -0.812. The van der Waals surface area contributed by atoms with Crippen LogP contribution in [0.5, 0.6) is 11.5 Å². The van der Waals surface area contributed by atoms with Crippen LogP contribution < -0.4 is 14.4 Å². The first-order chi connectivity index (χ1) is 13.5. The summed E-state index contributed by atoms with van der Waals surface area (Å²) in [5.74, 6) is -2.02. The fourth-order valence-electron chi connectivity index (χ4n) is 2.84. The van der Waals surface area contributed by atoms with Gasteiger partial charge in [0.2, 0.25) is 5.78 Å². The van der Waals surface area contributed by atoms with Crippen molar-refractivity contribution >= 4 is 29.1 Å². The fourth-order valence-corrected chi connectivity index (χ4v) is 2.84. The zero-order valence-electron chi connectivity index (χ0n) is 15.3. The lowest BCUT2D eigenvalue weighted by Crippen LogP contribution is -2.36. The molecule has 0 bridgehead atoms. The lowest BCUT2D eigenvalue weighted by atomic mass is 10.1. The predicted octanol–water partition coefficient (Wildman–Crippen LogP) is 1.66. The molecule has 144 valence electrons. The van der Waals surface area contributed by atoms with Gasteiger partial charge in [-0.15, -0.1) is 0 Å².